The molecule has 0 heterocycles. The summed E-state index contributed by atoms with van der Waals surface area (Å²) in [5, 5.41) is 14.0. The van der Waals surface area contributed by atoms with E-state index in [1.165, 1.54) is 39.3 Å². The topological polar surface area (TPSA) is 114 Å². The normalized spacial score (nSPS) is 9.55. The van der Waals surface area contributed by atoms with Gasteiger partial charge in [0.05, 0.1) is 23.3 Å². The number of ether oxygens (including phenoxy) is 1. The molecule has 0 fully saturated rings. The fourth-order valence-electron chi connectivity index (χ4n) is 1.44. The lowest BCUT2D eigenvalue weighted by molar-refractivity contribution is -0.385. The molecule has 1 rings (SSSR count). The number of anilines is 1. The van der Waals surface area contributed by atoms with Crippen molar-refractivity contribution in [3.63, 3.8) is 0 Å². The zero-order valence-corrected chi connectivity index (χ0v) is 11.2. The lowest BCUT2D eigenvalue weighted by Gasteiger charge is -2.17. The number of methoxy groups -OCH3 is 1. The minimum absolute atomic E-state index is 0.107. The maximum absolute atomic E-state index is 11.6. The van der Waals surface area contributed by atoms with Gasteiger partial charge in [-0.05, 0) is 13.0 Å². The highest BCUT2D eigenvalue weighted by Gasteiger charge is 2.16. The van der Waals surface area contributed by atoms with E-state index in [0.29, 0.717) is 5.56 Å². The summed E-state index contributed by atoms with van der Waals surface area (Å²) in [7, 11) is 2.47. The third-order valence-electron chi connectivity index (χ3n) is 2.47. The molecule has 0 atom stereocenters. The molecule has 9 nitrogen and oxygen atoms in total. The summed E-state index contributed by atoms with van der Waals surface area (Å²) in [5.74, 6) is 0. The quantitative estimate of drug-likeness (QED) is 0.632. The van der Waals surface area contributed by atoms with Crippen molar-refractivity contribution in [1.82, 2.24) is 10.4 Å². The highest BCUT2D eigenvalue weighted by atomic mass is 16.6. The van der Waals surface area contributed by atoms with E-state index in [-0.39, 0.29) is 11.4 Å². The Bertz CT molecular complexity index is 546. The molecule has 0 saturated heterocycles. The largest absolute Gasteiger partial charge is 0.452 e. The van der Waals surface area contributed by atoms with Crippen LogP contribution in [0, 0.1) is 17.0 Å². The Hall–Kier alpha value is -2.84. The van der Waals surface area contributed by atoms with Gasteiger partial charge >= 0.3 is 12.1 Å². The summed E-state index contributed by atoms with van der Waals surface area (Å²) in [5.41, 5.74) is 2.67. The molecule has 9 heteroatoms. The first kappa shape index (κ1) is 15.2. The van der Waals surface area contributed by atoms with Gasteiger partial charge in [0.25, 0.3) is 5.69 Å². The maximum Gasteiger partial charge on any atom is 0.428 e. The minimum Gasteiger partial charge on any atom is -0.452 e. The van der Waals surface area contributed by atoms with E-state index in [1.54, 1.807) is 0 Å². The number of nitro benzene ring substituents is 1. The fraction of sp³-hybridized carbons (Fsp3) is 0.273. The summed E-state index contributed by atoms with van der Waals surface area (Å²) in [4.78, 5) is 32.9. The van der Waals surface area contributed by atoms with Crippen LogP contribution in [0.15, 0.2) is 18.2 Å². The van der Waals surface area contributed by atoms with Crippen LogP contribution < -0.4 is 10.7 Å². The van der Waals surface area contributed by atoms with Gasteiger partial charge < -0.3 is 10.1 Å². The number of benzene rings is 1. The number of nitrogens with zero attached hydrogens (tertiary/aromatic N) is 2. The number of carbonyl (C=O) groups excluding carboxylic acids is 2. The van der Waals surface area contributed by atoms with Gasteiger partial charge in [-0.15, -0.1) is 0 Å². The highest BCUT2D eigenvalue weighted by Crippen LogP contribution is 2.24. The lowest BCUT2D eigenvalue weighted by atomic mass is 10.1. The monoisotopic (exact) mass is 282 g/mol. The summed E-state index contributed by atoms with van der Waals surface area (Å²) >= 11 is 0. The van der Waals surface area contributed by atoms with Crippen LogP contribution in [-0.2, 0) is 4.74 Å². The van der Waals surface area contributed by atoms with Gasteiger partial charge in [0.1, 0.15) is 0 Å². The molecule has 0 aliphatic carbocycles. The van der Waals surface area contributed by atoms with Crippen molar-refractivity contribution in [2.75, 3.05) is 19.5 Å². The van der Waals surface area contributed by atoms with E-state index in [2.05, 4.69) is 15.5 Å². The van der Waals surface area contributed by atoms with Crippen molar-refractivity contribution in [3.8, 4) is 0 Å². The number of urea groups is 1. The molecule has 0 spiro atoms. The smallest absolute Gasteiger partial charge is 0.428 e. The van der Waals surface area contributed by atoms with E-state index in [1.807, 2.05) is 0 Å². The Labute approximate surface area is 114 Å². The maximum atomic E-state index is 11.6. The molecular formula is C11H14N4O5. The third-order valence-corrected chi connectivity index (χ3v) is 2.47. The van der Waals surface area contributed by atoms with Crippen LogP contribution in [0.4, 0.5) is 21.0 Å². The Balaban J connectivity index is 2.79. The average molecular weight is 282 g/mol. The van der Waals surface area contributed by atoms with Crippen molar-refractivity contribution >= 4 is 23.5 Å². The van der Waals surface area contributed by atoms with Gasteiger partial charge in [-0.1, -0.05) is 6.07 Å². The van der Waals surface area contributed by atoms with Crippen molar-refractivity contribution < 1.29 is 19.2 Å². The molecule has 0 aliphatic rings. The number of hydrogen-bond acceptors (Lipinski definition) is 5. The van der Waals surface area contributed by atoms with Crippen LogP contribution >= 0.6 is 0 Å². The van der Waals surface area contributed by atoms with Gasteiger partial charge in [0, 0.05) is 13.1 Å². The Morgan fingerprint density at radius 3 is 2.60 bits per heavy atom. The molecule has 1 aromatic rings. The van der Waals surface area contributed by atoms with Crippen molar-refractivity contribution in [2.45, 2.75) is 6.92 Å². The van der Waals surface area contributed by atoms with E-state index >= 15 is 0 Å². The number of nitrogens with one attached hydrogen (secondary N) is 2. The van der Waals surface area contributed by atoms with Crippen LogP contribution in [0.1, 0.15) is 5.56 Å². The second-order valence-corrected chi connectivity index (χ2v) is 3.80. The number of hydrogen-bond donors (Lipinski definition) is 2. The SMILES string of the molecule is COC(=O)N(C)NC(=O)Nc1cccc([N+](=O)[O-])c1C. The predicted molar refractivity (Wildman–Crippen MR) is 70.2 cm³/mol. The zero-order valence-electron chi connectivity index (χ0n) is 11.2. The third kappa shape index (κ3) is 3.57. The van der Waals surface area contributed by atoms with Crippen LogP contribution in [0.3, 0.4) is 0 Å². The Morgan fingerprint density at radius 2 is 2.05 bits per heavy atom. The number of hydrazine groups is 1. The standard InChI is InChI=1S/C11H14N4O5/c1-7-8(5-4-6-9(7)15(18)19)12-10(16)13-14(2)11(17)20-3/h4-6H,1-3H3,(H2,12,13,16). The molecule has 0 aromatic heterocycles. The predicted octanol–water partition coefficient (Wildman–Crippen LogP) is 1.64. The Morgan fingerprint density at radius 1 is 1.40 bits per heavy atom. The van der Waals surface area contributed by atoms with Crippen LogP contribution in [0.25, 0.3) is 0 Å². The van der Waals surface area contributed by atoms with E-state index in [9.17, 15) is 19.7 Å². The first-order valence-electron chi connectivity index (χ1n) is 5.50. The van der Waals surface area contributed by atoms with Gasteiger partial charge in [-0.3, -0.25) is 10.1 Å². The summed E-state index contributed by atoms with van der Waals surface area (Å²) < 4.78 is 4.39. The summed E-state index contributed by atoms with van der Waals surface area (Å²) in [6.07, 6.45) is -0.754. The van der Waals surface area contributed by atoms with Crippen molar-refractivity contribution in [1.29, 1.82) is 0 Å². The van der Waals surface area contributed by atoms with Gasteiger partial charge in [-0.2, -0.15) is 0 Å². The number of amides is 3. The average Bonchev–Trinajstić information content (AvgIpc) is 2.39. The summed E-state index contributed by atoms with van der Waals surface area (Å²) in [6, 6.07) is 3.57. The molecule has 3 amide bonds. The molecule has 2 N–H and O–H groups in total. The molecule has 108 valence electrons. The number of carbonyl (C=O) groups is 2. The number of nitro groups is 1. The summed E-state index contributed by atoms with van der Waals surface area (Å²) in [6.45, 7) is 1.51. The van der Waals surface area contributed by atoms with Gasteiger partial charge in [-0.25, -0.2) is 20.0 Å². The van der Waals surface area contributed by atoms with E-state index in [4.69, 9.17) is 0 Å². The molecule has 0 aliphatic heterocycles. The van der Waals surface area contributed by atoms with Crippen LogP contribution in [-0.4, -0.2) is 36.2 Å². The minimum atomic E-state index is -0.754. The second kappa shape index (κ2) is 6.36. The Kier molecular flexibility index (Phi) is 4.84. The highest BCUT2D eigenvalue weighted by molar-refractivity contribution is 5.91. The second-order valence-electron chi connectivity index (χ2n) is 3.80. The molecule has 1 aromatic carbocycles. The van der Waals surface area contributed by atoms with Gasteiger partial charge in [0.2, 0.25) is 0 Å². The molecular weight excluding hydrogens is 268 g/mol. The lowest BCUT2D eigenvalue weighted by Crippen LogP contribution is -2.45. The molecule has 20 heavy (non-hydrogen) atoms. The number of rotatable bonds is 2. The first-order chi connectivity index (χ1) is 9.36. The van der Waals surface area contributed by atoms with Crippen LogP contribution in [0.2, 0.25) is 0 Å². The van der Waals surface area contributed by atoms with Gasteiger partial charge in [0.15, 0.2) is 0 Å². The molecule has 0 radical (unpaired) electrons. The van der Waals surface area contributed by atoms with Crippen molar-refractivity contribution in [2.24, 2.45) is 0 Å². The fourth-order valence-corrected chi connectivity index (χ4v) is 1.44. The van der Waals surface area contributed by atoms with Crippen molar-refractivity contribution in [3.05, 3.63) is 33.9 Å². The first-order valence-corrected chi connectivity index (χ1v) is 5.50. The molecule has 0 unspecified atom stereocenters. The zero-order chi connectivity index (χ0) is 15.3. The molecule has 0 bridgehead atoms. The van der Waals surface area contributed by atoms with Crippen LogP contribution in [0.5, 0.6) is 0 Å². The molecule has 0 saturated carbocycles. The van der Waals surface area contributed by atoms with E-state index in [0.717, 1.165) is 5.01 Å². The van der Waals surface area contributed by atoms with E-state index < -0.39 is 17.0 Å².